The molecule has 2 heterocycles. The summed E-state index contributed by atoms with van der Waals surface area (Å²) in [6, 6.07) is 7.33. The van der Waals surface area contributed by atoms with Gasteiger partial charge in [-0.25, -0.2) is 9.07 Å². The molecule has 1 aromatic carbocycles. The molecular weight excluding hydrogens is 333 g/mol. The van der Waals surface area contributed by atoms with Crippen molar-refractivity contribution in [1.82, 2.24) is 14.7 Å². The molecule has 0 radical (unpaired) electrons. The molecule has 1 saturated heterocycles. The number of benzene rings is 1. The molecule has 1 N–H and O–H groups in total. The molecule has 6 nitrogen and oxygen atoms in total. The van der Waals surface area contributed by atoms with Crippen molar-refractivity contribution >= 4 is 23.6 Å². The number of carbonyl (C=O) groups is 2. The van der Waals surface area contributed by atoms with Gasteiger partial charge in [0.2, 0.25) is 0 Å². The van der Waals surface area contributed by atoms with Gasteiger partial charge in [-0.2, -0.15) is 16.9 Å². The standard InChI is InChI=1S/C16H16FN3O3S/c17-12-3-1-2-4-14(12)20-6-5-13(18-20)16(23)19-7-8-24-10-11(19)9-15(21)22/h1-6,11H,7-10H2,(H,21,22). The van der Waals surface area contributed by atoms with Crippen LogP contribution in [-0.4, -0.2) is 55.8 Å². The van der Waals surface area contributed by atoms with Crippen molar-refractivity contribution < 1.29 is 19.1 Å². The van der Waals surface area contributed by atoms with Crippen LogP contribution in [0.25, 0.3) is 5.69 Å². The number of halogens is 1. The lowest BCUT2D eigenvalue weighted by Gasteiger charge is -2.34. The van der Waals surface area contributed by atoms with Crippen molar-refractivity contribution in [1.29, 1.82) is 0 Å². The van der Waals surface area contributed by atoms with Crippen LogP contribution in [0.4, 0.5) is 4.39 Å². The van der Waals surface area contributed by atoms with Crippen LogP contribution in [0.2, 0.25) is 0 Å². The minimum Gasteiger partial charge on any atom is -0.481 e. The first-order chi connectivity index (χ1) is 11.6. The molecule has 0 spiro atoms. The molecule has 8 heteroatoms. The summed E-state index contributed by atoms with van der Waals surface area (Å²) in [4.78, 5) is 25.2. The number of amides is 1. The van der Waals surface area contributed by atoms with Crippen LogP contribution >= 0.6 is 11.8 Å². The molecule has 1 aliphatic rings. The van der Waals surface area contributed by atoms with Crippen LogP contribution in [0.1, 0.15) is 16.9 Å². The fraction of sp³-hybridized carbons (Fsp3) is 0.312. The van der Waals surface area contributed by atoms with Crippen LogP contribution in [0.15, 0.2) is 36.5 Å². The first-order valence-corrected chi connectivity index (χ1v) is 8.63. The van der Waals surface area contributed by atoms with E-state index in [0.717, 1.165) is 5.75 Å². The average molecular weight is 349 g/mol. The van der Waals surface area contributed by atoms with Gasteiger partial charge in [-0.15, -0.1) is 0 Å². The maximum Gasteiger partial charge on any atom is 0.305 e. The molecule has 1 aromatic heterocycles. The quantitative estimate of drug-likeness (QED) is 0.914. The lowest BCUT2D eigenvalue weighted by molar-refractivity contribution is -0.138. The molecule has 1 fully saturated rings. The SMILES string of the molecule is O=C(O)CC1CSCCN1C(=O)c1ccn(-c2ccccc2F)n1. The summed E-state index contributed by atoms with van der Waals surface area (Å²) in [5, 5.41) is 13.2. The van der Waals surface area contributed by atoms with Crippen LogP contribution in [-0.2, 0) is 4.79 Å². The first kappa shape index (κ1) is 16.5. The molecule has 3 rings (SSSR count). The van der Waals surface area contributed by atoms with Crippen LogP contribution in [0.3, 0.4) is 0 Å². The summed E-state index contributed by atoms with van der Waals surface area (Å²) in [6.07, 6.45) is 1.43. The van der Waals surface area contributed by atoms with E-state index in [2.05, 4.69) is 5.10 Å². The largest absolute Gasteiger partial charge is 0.481 e. The Morgan fingerprint density at radius 1 is 1.33 bits per heavy atom. The van der Waals surface area contributed by atoms with Gasteiger partial charge in [-0.3, -0.25) is 9.59 Å². The molecule has 2 aromatic rings. The smallest absolute Gasteiger partial charge is 0.305 e. The molecular formula is C16H16FN3O3S. The summed E-state index contributed by atoms with van der Waals surface area (Å²) in [5.41, 5.74) is 0.438. The van der Waals surface area contributed by atoms with Gasteiger partial charge in [-0.1, -0.05) is 12.1 Å². The number of carbonyl (C=O) groups excluding carboxylic acids is 1. The number of carboxylic acids is 1. The molecule has 0 bridgehead atoms. The molecule has 0 saturated carbocycles. The fourth-order valence-electron chi connectivity index (χ4n) is 2.65. The van der Waals surface area contributed by atoms with Crippen LogP contribution < -0.4 is 0 Å². The highest BCUT2D eigenvalue weighted by atomic mass is 32.2. The summed E-state index contributed by atoms with van der Waals surface area (Å²) in [5.74, 6) is -0.339. The van der Waals surface area contributed by atoms with Gasteiger partial charge in [0, 0.05) is 24.2 Å². The molecule has 1 atom stereocenters. The van der Waals surface area contributed by atoms with Gasteiger partial charge in [0.15, 0.2) is 5.69 Å². The van der Waals surface area contributed by atoms with E-state index in [0.29, 0.717) is 12.3 Å². The summed E-state index contributed by atoms with van der Waals surface area (Å²) in [6.45, 7) is 0.480. The average Bonchev–Trinajstić information content (AvgIpc) is 3.04. The number of nitrogens with zero attached hydrogens (tertiary/aromatic N) is 3. The summed E-state index contributed by atoms with van der Waals surface area (Å²) in [7, 11) is 0. The number of hydrogen-bond donors (Lipinski definition) is 1. The normalized spacial score (nSPS) is 17.7. The highest BCUT2D eigenvalue weighted by molar-refractivity contribution is 7.99. The van der Waals surface area contributed by atoms with E-state index in [1.54, 1.807) is 34.9 Å². The van der Waals surface area contributed by atoms with Crippen molar-refractivity contribution in [2.45, 2.75) is 12.5 Å². The number of thioether (sulfide) groups is 1. The van der Waals surface area contributed by atoms with E-state index in [4.69, 9.17) is 5.11 Å². The third kappa shape index (κ3) is 3.43. The summed E-state index contributed by atoms with van der Waals surface area (Å²) < 4.78 is 15.1. The Morgan fingerprint density at radius 3 is 2.88 bits per heavy atom. The van der Waals surface area contributed by atoms with Gasteiger partial charge >= 0.3 is 5.97 Å². The second-order valence-electron chi connectivity index (χ2n) is 5.42. The van der Waals surface area contributed by atoms with E-state index >= 15 is 0 Å². The number of para-hydroxylation sites is 1. The second kappa shape index (κ2) is 7.04. The van der Waals surface area contributed by atoms with E-state index in [9.17, 15) is 14.0 Å². The Bertz CT molecular complexity index is 765. The van der Waals surface area contributed by atoms with Crippen LogP contribution in [0.5, 0.6) is 0 Å². The van der Waals surface area contributed by atoms with Gasteiger partial charge in [-0.05, 0) is 18.2 Å². The topological polar surface area (TPSA) is 75.4 Å². The Labute approximate surface area is 142 Å². The molecule has 1 amide bonds. The van der Waals surface area contributed by atoms with Crippen molar-refractivity contribution in [3.05, 3.63) is 48.0 Å². The fourth-order valence-corrected chi connectivity index (χ4v) is 3.71. The third-order valence-electron chi connectivity index (χ3n) is 3.81. The van der Waals surface area contributed by atoms with Gasteiger partial charge in [0.25, 0.3) is 5.91 Å². The highest BCUT2D eigenvalue weighted by Crippen LogP contribution is 2.21. The van der Waals surface area contributed by atoms with E-state index in [1.807, 2.05) is 0 Å². The van der Waals surface area contributed by atoms with Crippen molar-refractivity contribution in [3.63, 3.8) is 0 Å². The molecule has 126 valence electrons. The predicted octanol–water partition coefficient (Wildman–Crippen LogP) is 2.04. The first-order valence-electron chi connectivity index (χ1n) is 7.47. The minimum absolute atomic E-state index is 0.0905. The van der Waals surface area contributed by atoms with Crippen LogP contribution in [0, 0.1) is 5.82 Å². The Balaban J connectivity index is 1.82. The number of aliphatic carboxylic acids is 1. The minimum atomic E-state index is -0.933. The zero-order valence-corrected chi connectivity index (χ0v) is 13.6. The molecule has 1 aliphatic heterocycles. The van der Waals surface area contributed by atoms with E-state index in [1.165, 1.54) is 23.0 Å². The predicted molar refractivity (Wildman–Crippen MR) is 87.9 cm³/mol. The Kier molecular flexibility index (Phi) is 4.84. The second-order valence-corrected chi connectivity index (χ2v) is 6.57. The number of aromatic nitrogens is 2. The number of rotatable bonds is 4. The summed E-state index contributed by atoms with van der Waals surface area (Å²) >= 11 is 1.63. The number of hydrogen-bond acceptors (Lipinski definition) is 4. The lowest BCUT2D eigenvalue weighted by atomic mass is 10.2. The lowest BCUT2D eigenvalue weighted by Crippen LogP contribution is -2.47. The molecule has 24 heavy (non-hydrogen) atoms. The zero-order chi connectivity index (χ0) is 17.1. The number of carboxylic acid groups (broad SMARTS) is 1. The zero-order valence-electron chi connectivity index (χ0n) is 12.8. The highest BCUT2D eigenvalue weighted by Gasteiger charge is 2.30. The van der Waals surface area contributed by atoms with Gasteiger partial charge < -0.3 is 10.0 Å². The Hall–Kier alpha value is -2.35. The third-order valence-corrected chi connectivity index (χ3v) is 4.90. The monoisotopic (exact) mass is 349 g/mol. The molecule has 0 aliphatic carbocycles. The maximum absolute atomic E-state index is 13.8. The van der Waals surface area contributed by atoms with Crippen molar-refractivity contribution in [3.8, 4) is 5.69 Å². The van der Waals surface area contributed by atoms with E-state index < -0.39 is 11.8 Å². The van der Waals surface area contributed by atoms with Crippen molar-refractivity contribution in [2.75, 3.05) is 18.1 Å². The van der Waals surface area contributed by atoms with E-state index in [-0.39, 0.29) is 29.8 Å². The van der Waals surface area contributed by atoms with Crippen molar-refractivity contribution in [2.24, 2.45) is 0 Å². The molecule has 1 unspecified atom stereocenters. The maximum atomic E-state index is 13.8. The Morgan fingerprint density at radius 2 is 2.12 bits per heavy atom. The van der Waals surface area contributed by atoms with Gasteiger partial charge in [0.1, 0.15) is 11.5 Å². The van der Waals surface area contributed by atoms with Gasteiger partial charge in [0.05, 0.1) is 12.5 Å².